The van der Waals surface area contributed by atoms with Gasteiger partial charge in [0, 0.05) is 37.9 Å². The number of hydrogen-bond acceptors (Lipinski definition) is 1. The van der Waals surface area contributed by atoms with E-state index in [1.54, 1.807) is 12.1 Å². The Labute approximate surface area is 117 Å². The fourth-order valence-corrected chi connectivity index (χ4v) is 1.45. The van der Waals surface area contributed by atoms with Gasteiger partial charge in [0.25, 0.3) is 0 Å². The molecule has 0 N–H and O–H groups in total. The normalized spacial score (nSPS) is 9.44. The molecule has 0 bridgehead atoms. The molecule has 0 saturated heterocycles. The molecular formula is C13H7F2IrN2-. The van der Waals surface area contributed by atoms with Crippen molar-refractivity contribution < 1.29 is 28.9 Å². The number of halogens is 2. The number of rotatable bonds is 1. The van der Waals surface area contributed by atoms with Crippen molar-refractivity contribution >= 4 is 5.69 Å². The summed E-state index contributed by atoms with van der Waals surface area (Å²) in [5.74, 6) is -1.83. The summed E-state index contributed by atoms with van der Waals surface area (Å²) in [4.78, 5) is 6.81. The predicted octanol–water partition coefficient (Wildman–Crippen LogP) is 3.68. The number of benzene rings is 1. The molecule has 2 aromatic rings. The summed E-state index contributed by atoms with van der Waals surface area (Å²) in [6.07, 6.45) is 1.53. The van der Waals surface area contributed by atoms with Crippen molar-refractivity contribution in [2.45, 2.75) is 6.92 Å². The van der Waals surface area contributed by atoms with Crippen LogP contribution >= 0.6 is 0 Å². The van der Waals surface area contributed by atoms with Gasteiger partial charge in [0.15, 0.2) is 5.69 Å². The van der Waals surface area contributed by atoms with Gasteiger partial charge in [-0.2, -0.15) is 0 Å². The van der Waals surface area contributed by atoms with Gasteiger partial charge in [-0.1, -0.05) is 11.6 Å². The Kier molecular flexibility index (Phi) is 4.66. The molecule has 0 aliphatic carbocycles. The number of pyridine rings is 1. The average molecular weight is 421 g/mol. The van der Waals surface area contributed by atoms with E-state index in [1.807, 2.05) is 6.92 Å². The first-order valence-corrected chi connectivity index (χ1v) is 4.83. The minimum absolute atomic E-state index is 0. The SMILES string of the molecule is [C-]#[N+]c1c(F)c[c-]c(-c2cc(C)ccn2)c1F.[Ir]. The third-order valence-corrected chi connectivity index (χ3v) is 2.28. The van der Waals surface area contributed by atoms with E-state index >= 15 is 0 Å². The first kappa shape index (κ1) is 14.4. The van der Waals surface area contributed by atoms with Gasteiger partial charge in [-0.05, 0) is 18.7 Å². The van der Waals surface area contributed by atoms with Gasteiger partial charge in [-0.15, -0.1) is 17.7 Å². The Morgan fingerprint density at radius 2 is 2.11 bits per heavy atom. The molecule has 0 unspecified atom stereocenters. The van der Waals surface area contributed by atoms with Gasteiger partial charge in [-0.25, -0.2) is 0 Å². The average Bonchev–Trinajstić information content (AvgIpc) is 2.29. The van der Waals surface area contributed by atoms with E-state index in [9.17, 15) is 8.78 Å². The van der Waals surface area contributed by atoms with E-state index in [4.69, 9.17) is 6.57 Å². The molecule has 0 fully saturated rings. The quantitative estimate of drug-likeness (QED) is 0.643. The third kappa shape index (κ3) is 2.61. The molecular weight excluding hydrogens is 414 g/mol. The maximum Gasteiger partial charge on any atom is 0.176 e. The van der Waals surface area contributed by atoms with Crippen molar-refractivity contribution in [1.29, 1.82) is 0 Å². The minimum Gasteiger partial charge on any atom is -0.305 e. The summed E-state index contributed by atoms with van der Waals surface area (Å²) in [6, 6.07) is 6.84. The Morgan fingerprint density at radius 1 is 1.39 bits per heavy atom. The molecule has 0 aliphatic rings. The van der Waals surface area contributed by atoms with Gasteiger partial charge < -0.3 is 4.98 Å². The fourth-order valence-electron chi connectivity index (χ4n) is 1.45. The molecule has 93 valence electrons. The van der Waals surface area contributed by atoms with E-state index in [2.05, 4.69) is 15.9 Å². The zero-order valence-electron chi connectivity index (χ0n) is 9.29. The maximum absolute atomic E-state index is 13.8. The van der Waals surface area contributed by atoms with Crippen LogP contribution in [0.15, 0.2) is 24.4 Å². The van der Waals surface area contributed by atoms with Crippen LogP contribution in [0, 0.1) is 31.2 Å². The minimum atomic E-state index is -0.918. The molecule has 1 radical (unpaired) electrons. The van der Waals surface area contributed by atoms with Crippen LogP contribution in [-0.4, -0.2) is 4.98 Å². The number of hydrogen-bond donors (Lipinski definition) is 0. The predicted molar refractivity (Wildman–Crippen MR) is 59.4 cm³/mol. The van der Waals surface area contributed by atoms with Gasteiger partial charge in [0.2, 0.25) is 0 Å². The van der Waals surface area contributed by atoms with E-state index in [1.165, 1.54) is 6.20 Å². The Morgan fingerprint density at radius 3 is 2.72 bits per heavy atom. The second-order valence-corrected chi connectivity index (χ2v) is 3.50. The molecule has 18 heavy (non-hydrogen) atoms. The molecule has 5 heteroatoms. The Balaban J connectivity index is 0.00000162. The van der Waals surface area contributed by atoms with Gasteiger partial charge in [-0.3, -0.25) is 13.6 Å². The van der Waals surface area contributed by atoms with Gasteiger partial charge >= 0.3 is 0 Å². The van der Waals surface area contributed by atoms with Gasteiger partial charge in [0.1, 0.15) is 0 Å². The zero-order chi connectivity index (χ0) is 12.4. The largest absolute Gasteiger partial charge is 0.305 e. The molecule has 0 saturated carbocycles. The second-order valence-electron chi connectivity index (χ2n) is 3.50. The molecule has 1 heterocycles. The van der Waals surface area contributed by atoms with Crippen LogP contribution in [0.2, 0.25) is 0 Å². The van der Waals surface area contributed by atoms with Crippen molar-refractivity contribution in [1.82, 2.24) is 4.98 Å². The van der Waals surface area contributed by atoms with Crippen LogP contribution in [0.5, 0.6) is 0 Å². The summed E-state index contributed by atoms with van der Waals surface area (Å²) >= 11 is 0. The first-order valence-electron chi connectivity index (χ1n) is 4.83. The topological polar surface area (TPSA) is 17.2 Å². The number of nitrogens with zero attached hydrogens (tertiary/aromatic N) is 2. The standard InChI is InChI=1S/C13H7F2N2.Ir/c1-8-5-6-17-11(7-8)9-3-4-10(14)13(16-2)12(9)15;/h4-7H,1H3;/q-1;. The van der Waals surface area contributed by atoms with Gasteiger partial charge in [0.05, 0.1) is 6.57 Å². The van der Waals surface area contributed by atoms with Crippen molar-refractivity contribution in [2.24, 2.45) is 0 Å². The molecule has 1 aromatic carbocycles. The summed E-state index contributed by atoms with van der Waals surface area (Å²) in [5.41, 5.74) is 0.632. The van der Waals surface area contributed by atoms with Crippen LogP contribution < -0.4 is 0 Å². The zero-order valence-corrected chi connectivity index (χ0v) is 11.7. The van der Waals surface area contributed by atoms with Crippen LogP contribution in [0.25, 0.3) is 16.1 Å². The van der Waals surface area contributed by atoms with E-state index in [0.717, 1.165) is 11.6 Å². The monoisotopic (exact) mass is 422 g/mol. The molecule has 0 amide bonds. The summed E-state index contributed by atoms with van der Waals surface area (Å²) in [7, 11) is 0. The second kappa shape index (κ2) is 5.81. The third-order valence-electron chi connectivity index (χ3n) is 2.28. The molecule has 2 rings (SSSR count). The van der Waals surface area contributed by atoms with Crippen LogP contribution in [-0.2, 0) is 20.1 Å². The summed E-state index contributed by atoms with van der Waals surface area (Å²) in [5, 5.41) is 0. The first-order chi connectivity index (χ1) is 8.13. The molecule has 0 spiro atoms. The maximum atomic E-state index is 13.8. The van der Waals surface area contributed by atoms with E-state index in [-0.39, 0.29) is 25.7 Å². The molecule has 0 atom stereocenters. The van der Waals surface area contributed by atoms with E-state index in [0.29, 0.717) is 5.69 Å². The Hall–Kier alpha value is -1.63. The van der Waals surface area contributed by atoms with Crippen molar-refractivity contribution in [3.05, 3.63) is 59.1 Å². The fraction of sp³-hybridized carbons (Fsp3) is 0.0769. The Bertz CT molecular complexity index is 621. The number of aryl methyl sites for hydroxylation is 1. The van der Waals surface area contributed by atoms with Crippen LogP contribution in [0.1, 0.15) is 5.56 Å². The van der Waals surface area contributed by atoms with Crippen molar-refractivity contribution in [2.75, 3.05) is 0 Å². The number of aromatic nitrogens is 1. The summed E-state index contributed by atoms with van der Waals surface area (Å²) < 4.78 is 26.9. The molecule has 1 aromatic heterocycles. The smallest absolute Gasteiger partial charge is 0.176 e. The van der Waals surface area contributed by atoms with E-state index < -0.39 is 17.3 Å². The molecule has 2 nitrogen and oxygen atoms in total. The van der Waals surface area contributed by atoms with Crippen molar-refractivity contribution in [3.63, 3.8) is 0 Å². The van der Waals surface area contributed by atoms with Crippen LogP contribution in [0.3, 0.4) is 0 Å². The van der Waals surface area contributed by atoms with Crippen molar-refractivity contribution in [3.8, 4) is 11.3 Å². The van der Waals surface area contributed by atoms with Crippen LogP contribution in [0.4, 0.5) is 14.5 Å². The molecule has 0 aliphatic heterocycles. The summed E-state index contributed by atoms with van der Waals surface area (Å²) in [6.45, 7) is 8.57.